The first-order chi connectivity index (χ1) is 15.6. The van der Waals surface area contributed by atoms with Crippen molar-refractivity contribution in [3.8, 4) is 6.07 Å². The third-order valence-corrected chi connectivity index (χ3v) is 7.04. The number of nitriles is 1. The summed E-state index contributed by atoms with van der Waals surface area (Å²) in [4.78, 5) is 19.7. The number of carbonyl (C=O) groups excluding carboxylic acids is 1. The smallest absolute Gasteiger partial charge is 0.258 e. The Morgan fingerprint density at radius 3 is 2.59 bits per heavy atom. The first kappa shape index (κ1) is 18.8. The molecule has 1 aromatic heterocycles. The fourth-order valence-electron chi connectivity index (χ4n) is 5.40. The van der Waals surface area contributed by atoms with Gasteiger partial charge in [-0.1, -0.05) is 66.8 Å². The van der Waals surface area contributed by atoms with Crippen molar-refractivity contribution in [1.29, 1.82) is 5.26 Å². The molecule has 154 valence electrons. The number of thiocarbonyl (C=S) groups is 1. The summed E-state index contributed by atoms with van der Waals surface area (Å²) in [5, 5.41) is 14.4. The average Bonchev–Trinajstić information content (AvgIpc) is 3.31. The molecule has 0 saturated carbocycles. The number of nitrogens with zero attached hydrogens (tertiary/aromatic N) is 2. The van der Waals surface area contributed by atoms with E-state index >= 15 is 0 Å². The minimum atomic E-state index is -1.15. The van der Waals surface area contributed by atoms with Crippen molar-refractivity contribution in [2.45, 2.75) is 11.5 Å². The van der Waals surface area contributed by atoms with Crippen molar-refractivity contribution >= 4 is 39.7 Å². The molecule has 2 aliphatic rings. The minimum Gasteiger partial charge on any atom is -0.356 e. The molecular formula is C26H18N4OS. The lowest BCUT2D eigenvalue weighted by molar-refractivity contribution is -0.124. The highest BCUT2D eigenvalue weighted by atomic mass is 32.1. The van der Waals surface area contributed by atoms with Gasteiger partial charge in [0.05, 0.1) is 17.3 Å². The van der Waals surface area contributed by atoms with Crippen LogP contribution in [0.2, 0.25) is 0 Å². The first-order valence-electron chi connectivity index (χ1n) is 10.4. The topological polar surface area (TPSA) is 71.9 Å². The van der Waals surface area contributed by atoms with Gasteiger partial charge in [0.1, 0.15) is 4.99 Å². The van der Waals surface area contributed by atoms with Crippen LogP contribution in [0.3, 0.4) is 0 Å². The monoisotopic (exact) mass is 434 g/mol. The largest absolute Gasteiger partial charge is 0.356 e. The summed E-state index contributed by atoms with van der Waals surface area (Å²) >= 11 is 5.82. The third-order valence-electron chi connectivity index (χ3n) is 6.73. The second-order valence-corrected chi connectivity index (χ2v) is 8.64. The molecule has 6 heteroatoms. The molecule has 0 bridgehead atoms. The summed E-state index contributed by atoms with van der Waals surface area (Å²) in [6.45, 7) is 0. The fraction of sp³-hybridized carbons (Fsp3) is 0.115. The average molecular weight is 435 g/mol. The number of fused-ring (bicyclic) bond motifs is 5. The molecule has 1 spiro atoms. The van der Waals surface area contributed by atoms with Crippen molar-refractivity contribution in [3.63, 3.8) is 0 Å². The van der Waals surface area contributed by atoms with Crippen LogP contribution in [-0.2, 0) is 10.3 Å². The number of hydrogen-bond donors (Lipinski definition) is 2. The fourth-order valence-corrected chi connectivity index (χ4v) is 5.72. The number of amides is 1. The summed E-state index contributed by atoms with van der Waals surface area (Å²) in [6, 6.07) is 25.7. The molecule has 32 heavy (non-hydrogen) atoms. The van der Waals surface area contributed by atoms with Gasteiger partial charge < -0.3 is 15.2 Å². The number of carbonyl (C=O) groups is 1. The normalized spacial score (nSPS) is 21.4. The molecule has 1 amide bonds. The van der Waals surface area contributed by atoms with Crippen molar-refractivity contribution in [2.75, 3.05) is 11.9 Å². The third kappa shape index (κ3) is 2.21. The van der Waals surface area contributed by atoms with Gasteiger partial charge in [0, 0.05) is 35.1 Å². The van der Waals surface area contributed by atoms with Crippen LogP contribution in [-0.4, -0.2) is 22.9 Å². The number of para-hydroxylation sites is 2. The summed E-state index contributed by atoms with van der Waals surface area (Å²) < 4.78 is 0. The predicted molar refractivity (Wildman–Crippen MR) is 128 cm³/mol. The number of likely N-dealkylation sites (N-methyl/N-ethyl adjacent to an activating group) is 1. The summed E-state index contributed by atoms with van der Waals surface area (Å²) in [5.74, 6) is -0.537. The molecule has 0 aliphatic carbocycles. The molecule has 4 aromatic rings. The van der Waals surface area contributed by atoms with E-state index in [9.17, 15) is 10.1 Å². The Bertz CT molecular complexity index is 1500. The molecule has 2 atom stereocenters. The van der Waals surface area contributed by atoms with Gasteiger partial charge in [0.25, 0.3) is 5.91 Å². The van der Waals surface area contributed by atoms with Crippen LogP contribution in [0.4, 0.5) is 5.69 Å². The lowest BCUT2D eigenvalue weighted by Gasteiger charge is -2.42. The van der Waals surface area contributed by atoms with Crippen molar-refractivity contribution in [2.24, 2.45) is 0 Å². The van der Waals surface area contributed by atoms with Crippen LogP contribution in [0.5, 0.6) is 0 Å². The van der Waals surface area contributed by atoms with Crippen molar-refractivity contribution in [1.82, 2.24) is 10.3 Å². The Hall–Kier alpha value is -3.95. The zero-order valence-corrected chi connectivity index (χ0v) is 18.0. The molecule has 5 nitrogen and oxygen atoms in total. The Labute approximate surface area is 190 Å². The highest BCUT2D eigenvalue weighted by Crippen LogP contribution is 2.54. The van der Waals surface area contributed by atoms with Crippen LogP contribution in [0.15, 0.2) is 72.8 Å². The molecule has 6 rings (SSSR count). The van der Waals surface area contributed by atoms with Gasteiger partial charge in [-0.05, 0) is 29.3 Å². The van der Waals surface area contributed by atoms with Gasteiger partial charge in [0.2, 0.25) is 0 Å². The van der Waals surface area contributed by atoms with Crippen LogP contribution in [0.1, 0.15) is 33.9 Å². The summed E-state index contributed by atoms with van der Waals surface area (Å²) in [6.07, 6.45) is 0. The standard InChI is InChI=1S/C26H18N4OS/c1-30-20-13-7-5-11-18(20)26(25(30)31)22(16-9-3-2-8-15(16)14-27)21-17-10-4-6-12-19(17)28-23(21)24(32)29-26/h2-13,22,28H,1H3,(H,29,32). The minimum absolute atomic E-state index is 0.0882. The number of hydrogen-bond acceptors (Lipinski definition) is 3. The first-order valence-corrected chi connectivity index (χ1v) is 10.8. The molecule has 0 fully saturated rings. The van der Waals surface area contributed by atoms with Gasteiger partial charge in [-0.2, -0.15) is 5.26 Å². The summed E-state index contributed by atoms with van der Waals surface area (Å²) in [7, 11) is 1.79. The molecule has 0 radical (unpaired) electrons. The van der Waals surface area contributed by atoms with E-state index in [1.54, 1.807) is 18.0 Å². The van der Waals surface area contributed by atoms with E-state index in [0.29, 0.717) is 10.6 Å². The van der Waals surface area contributed by atoms with Gasteiger partial charge in [-0.25, -0.2) is 0 Å². The molecule has 3 heterocycles. The number of rotatable bonds is 1. The maximum absolute atomic E-state index is 14.0. The van der Waals surface area contributed by atoms with E-state index in [1.807, 2.05) is 66.7 Å². The van der Waals surface area contributed by atoms with E-state index in [2.05, 4.69) is 16.4 Å². The highest BCUT2D eigenvalue weighted by Gasteiger charge is 2.59. The van der Waals surface area contributed by atoms with E-state index in [4.69, 9.17) is 12.2 Å². The number of aromatic amines is 1. The van der Waals surface area contributed by atoms with E-state index in [1.165, 1.54) is 0 Å². The SMILES string of the molecule is CN1C(=O)C2(NC(=S)c3[nH]c4ccccc4c3C2c2ccccc2C#N)c2ccccc21. The van der Waals surface area contributed by atoms with Crippen LogP contribution < -0.4 is 10.2 Å². The van der Waals surface area contributed by atoms with Gasteiger partial charge >= 0.3 is 0 Å². The Balaban J connectivity index is 1.78. The molecular weight excluding hydrogens is 416 g/mol. The van der Waals surface area contributed by atoms with E-state index < -0.39 is 11.5 Å². The lowest BCUT2D eigenvalue weighted by Crippen LogP contribution is -2.59. The second-order valence-electron chi connectivity index (χ2n) is 8.23. The zero-order valence-electron chi connectivity index (χ0n) is 17.2. The number of aromatic nitrogens is 1. The number of nitrogens with one attached hydrogen (secondary N) is 2. The Morgan fingerprint density at radius 2 is 1.75 bits per heavy atom. The van der Waals surface area contributed by atoms with Crippen LogP contribution in [0, 0.1) is 11.3 Å². The number of H-pyrrole nitrogens is 1. The Kier molecular flexibility index (Phi) is 3.83. The molecule has 2 unspecified atom stereocenters. The highest BCUT2D eigenvalue weighted by molar-refractivity contribution is 7.80. The molecule has 2 aliphatic heterocycles. The van der Waals surface area contributed by atoms with Gasteiger partial charge in [-0.3, -0.25) is 4.79 Å². The van der Waals surface area contributed by atoms with Gasteiger partial charge in [-0.15, -0.1) is 0 Å². The molecule has 3 aromatic carbocycles. The number of anilines is 1. The van der Waals surface area contributed by atoms with Crippen LogP contribution in [0.25, 0.3) is 10.9 Å². The quantitative estimate of drug-likeness (QED) is 0.438. The second kappa shape index (κ2) is 6.52. The van der Waals surface area contributed by atoms with E-state index in [0.717, 1.165) is 39.0 Å². The van der Waals surface area contributed by atoms with Gasteiger partial charge in [0.15, 0.2) is 5.54 Å². The van der Waals surface area contributed by atoms with E-state index in [-0.39, 0.29) is 5.91 Å². The predicted octanol–water partition coefficient (Wildman–Crippen LogP) is 4.32. The van der Waals surface area contributed by atoms with Crippen LogP contribution >= 0.6 is 12.2 Å². The molecule has 0 saturated heterocycles. The lowest BCUT2D eigenvalue weighted by atomic mass is 9.68. The molecule has 2 N–H and O–H groups in total. The van der Waals surface area contributed by atoms with Crippen molar-refractivity contribution < 1.29 is 4.79 Å². The maximum atomic E-state index is 14.0. The summed E-state index contributed by atoms with van der Waals surface area (Å²) in [5.41, 5.74) is 4.60. The Morgan fingerprint density at radius 1 is 1.03 bits per heavy atom. The number of benzene rings is 3. The van der Waals surface area contributed by atoms with Crippen molar-refractivity contribution in [3.05, 3.63) is 101 Å². The zero-order chi connectivity index (χ0) is 22.0. The maximum Gasteiger partial charge on any atom is 0.258 e.